The van der Waals surface area contributed by atoms with Gasteiger partial charge in [-0.25, -0.2) is 8.78 Å². The number of aryl methyl sites for hydroxylation is 1. The van der Waals surface area contributed by atoms with Crippen LogP contribution in [0.1, 0.15) is 107 Å². The second kappa shape index (κ2) is 18.5. The van der Waals surface area contributed by atoms with Gasteiger partial charge >= 0.3 is 0 Å². The number of carbonyl (C=O) groups excluding carboxylic acids is 1. The molecule has 5 rings (SSSR count). The fraction of sp³-hybridized carbons (Fsp3) is 0.500. The van der Waals surface area contributed by atoms with Gasteiger partial charge in [0.05, 0.1) is 5.76 Å². The molecule has 0 aliphatic rings. The monoisotopic (exact) mass is 947 g/mol. The molecule has 301 valence electrons. The largest absolute Gasteiger partial charge is 0.512 e. The van der Waals surface area contributed by atoms with E-state index in [2.05, 4.69) is 126 Å². The molecule has 5 aromatic rings. The average molecular weight is 947 g/mol. The van der Waals surface area contributed by atoms with Crippen LogP contribution in [-0.2, 0) is 36.7 Å². The van der Waals surface area contributed by atoms with E-state index in [1.165, 1.54) is 17.0 Å². The summed E-state index contributed by atoms with van der Waals surface area (Å²) in [6.45, 7) is 28.6. The summed E-state index contributed by atoms with van der Waals surface area (Å²) in [7, 11) is 0. The predicted octanol–water partition coefficient (Wildman–Crippen LogP) is 14.4. The number of carbonyl (C=O) groups is 1. The van der Waals surface area contributed by atoms with E-state index in [0.717, 1.165) is 47.9 Å². The fourth-order valence-electron chi connectivity index (χ4n) is 8.09. The Morgan fingerprint density at radius 1 is 0.818 bits per heavy atom. The predicted molar refractivity (Wildman–Crippen MR) is 228 cm³/mol. The number of aliphatic hydroxyl groups excluding tert-OH is 1. The topological polar surface area (TPSA) is 50.2 Å². The Bertz CT molecular complexity index is 2100. The van der Waals surface area contributed by atoms with Gasteiger partial charge in [0.2, 0.25) is 6.43 Å². The van der Waals surface area contributed by atoms with Crippen molar-refractivity contribution in [2.24, 2.45) is 40.9 Å². The van der Waals surface area contributed by atoms with Gasteiger partial charge in [0.25, 0.3) is 0 Å². The minimum Gasteiger partial charge on any atom is -0.512 e. The first kappa shape index (κ1) is 46.4. The molecule has 0 amide bonds. The molecule has 0 bridgehead atoms. The van der Waals surface area contributed by atoms with Gasteiger partial charge in [-0.15, -0.1) is 40.5 Å². The zero-order valence-corrected chi connectivity index (χ0v) is 38.5. The third-order valence-electron chi connectivity index (χ3n) is 10.8. The molecule has 7 heteroatoms. The van der Waals surface area contributed by atoms with Crippen LogP contribution in [0.2, 0.25) is 0 Å². The van der Waals surface area contributed by atoms with Crippen LogP contribution in [0.4, 0.5) is 8.78 Å². The molecule has 0 unspecified atom stereocenters. The molecule has 0 saturated carbocycles. The summed E-state index contributed by atoms with van der Waals surface area (Å²) in [6, 6.07) is 20.4. The van der Waals surface area contributed by atoms with E-state index >= 15 is 0 Å². The molecular weight excluding hydrogens is 885 g/mol. The molecule has 0 saturated heterocycles. The molecule has 3 aromatic carbocycles. The average Bonchev–Trinajstić information content (AvgIpc) is 3.44. The van der Waals surface area contributed by atoms with Crippen LogP contribution in [0.15, 0.2) is 66.6 Å². The summed E-state index contributed by atoms with van der Waals surface area (Å²) in [5.41, 5.74) is 4.16. The van der Waals surface area contributed by atoms with Gasteiger partial charge in [0.15, 0.2) is 5.78 Å². The van der Waals surface area contributed by atoms with Crippen molar-refractivity contribution in [3.8, 4) is 11.3 Å². The number of halogens is 2. The molecule has 3 nitrogen and oxygen atoms in total. The summed E-state index contributed by atoms with van der Waals surface area (Å²) in [6.07, 6.45) is 1.33. The van der Waals surface area contributed by atoms with Crippen LogP contribution < -0.4 is 0 Å². The number of hydrogen-bond acceptors (Lipinski definition) is 4. The number of hydrogen-bond donors (Lipinski definition) is 1. The molecular formula is C48H62F2IrNO2S-. The van der Waals surface area contributed by atoms with Crippen LogP contribution >= 0.6 is 11.3 Å². The first-order valence-corrected chi connectivity index (χ1v) is 20.4. The standard InChI is InChI=1S/C31H30F2NS.C17H32O2.Ir/c1-18-20(17-31(5,6)29(32)33)11-12-23-24-13-14-34-26(28(24)35-27(18)23)21-15-19-9-7-8-10-22(19)25(16-21)30(2,3)4;1-10(2)16(11(3)4)14(18)9-15(19)17(12(5)6)13(7)8;/h7-14,16,29H,17H2,1-6H3;9-13,16-18H,1-8H3;/q-1;;/b;14-9-;. The molecule has 0 spiro atoms. The van der Waals surface area contributed by atoms with Gasteiger partial charge in [-0.1, -0.05) is 131 Å². The Morgan fingerprint density at radius 2 is 1.38 bits per heavy atom. The third-order valence-corrected chi connectivity index (χ3v) is 12.2. The van der Waals surface area contributed by atoms with Gasteiger partial charge in [0.1, 0.15) is 0 Å². The van der Waals surface area contributed by atoms with Gasteiger partial charge in [-0.2, -0.15) is 0 Å². The van der Waals surface area contributed by atoms with Crippen LogP contribution in [0.5, 0.6) is 0 Å². The van der Waals surface area contributed by atoms with Crippen LogP contribution in [0.25, 0.3) is 42.2 Å². The first-order valence-electron chi connectivity index (χ1n) is 19.5. The minimum absolute atomic E-state index is 0. The molecule has 0 atom stereocenters. The van der Waals surface area contributed by atoms with E-state index in [0.29, 0.717) is 30.1 Å². The van der Waals surface area contributed by atoms with Crippen LogP contribution in [0.3, 0.4) is 0 Å². The second-order valence-corrected chi connectivity index (χ2v) is 19.2. The number of nitrogens with zero attached hydrogens (tertiary/aromatic N) is 1. The summed E-state index contributed by atoms with van der Waals surface area (Å²) < 4.78 is 29.4. The van der Waals surface area contributed by atoms with Crippen molar-refractivity contribution < 1.29 is 38.8 Å². The number of rotatable bonds is 11. The van der Waals surface area contributed by atoms with Crippen LogP contribution in [0, 0.1) is 53.9 Å². The number of aromatic nitrogens is 1. The van der Waals surface area contributed by atoms with Crippen molar-refractivity contribution in [2.75, 3.05) is 0 Å². The van der Waals surface area contributed by atoms with Crippen molar-refractivity contribution in [1.82, 2.24) is 4.98 Å². The number of fused-ring (bicyclic) bond motifs is 4. The first-order chi connectivity index (χ1) is 25.1. The van der Waals surface area contributed by atoms with Crippen molar-refractivity contribution in [3.05, 3.63) is 89.3 Å². The summed E-state index contributed by atoms with van der Waals surface area (Å²) >= 11 is 1.71. The van der Waals surface area contributed by atoms with Crippen molar-refractivity contribution in [1.29, 1.82) is 0 Å². The molecule has 0 fully saturated rings. The molecule has 2 heterocycles. The zero-order chi connectivity index (χ0) is 40.4. The van der Waals surface area contributed by atoms with Crippen molar-refractivity contribution in [3.63, 3.8) is 0 Å². The van der Waals surface area contributed by atoms with Crippen molar-refractivity contribution in [2.45, 2.75) is 115 Å². The molecule has 55 heavy (non-hydrogen) atoms. The van der Waals surface area contributed by atoms with Gasteiger partial charge in [-0.05, 0) is 65.0 Å². The van der Waals surface area contributed by atoms with Gasteiger partial charge in [-0.3, -0.25) is 9.78 Å². The molecule has 0 aliphatic heterocycles. The van der Waals surface area contributed by atoms with Crippen molar-refractivity contribution >= 4 is 48.1 Å². The number of pyridine rings is 1. The maximum Gasteiger partial charge on any atom is 0.243 e. The van der Waals surface area contributed by atoms with E-state index in [1.54, 1.807) is 25.2 Å². The van der Waals surface area contributed by atoms with E-state index in [4.69, 9.17) is 4.98 Å². The van der Waals surface area contributed by atoms with E-state index < -0.39 is 11.8 Å². The number of alkyl halides is 2. The molecule has 0 aliphatic carbocycles. The Balaban J connectivity index is 0.000000349. The van der Waals surface area contributed by atoms with Gasteiger partial charge in [0, 0.05) is 70.1 Å². The normalized spacial score (nSPS) is 13.0. The number of benzene rings is 3. The summed E-state index contributed by atoms with van der Waals surface area (Å²) in [4.78, 5) is 17.2. The SMILES string of the molecule is CC(C)C(C(=O)/C=C(\O)C(C(C)C)C(C)C)C(C)C.Cc1c(CC(C)(C)C(F)F)ccc2c1sc1c(-c3[c-]c4ccccc4c(C(C)(C)C)c3)nccc12.[Ir]. The Labute approximate surface area is 346 Å². The fourth-order valence-corrected chi connectivity index (χ4v) is 9.41. The smallest absolute Gasteiger partial charge is 0.243 e. The molecule has 1 radical (unpaired) electrons. The van der Waals surface area contributed by atoms with Gasteiger partial charge < -0.3 is 5.11 Å². The summed E-state index contributed by atoms with van der Waals surface area (Å²) in [5, 5.41) is 14.9. The minimum atomic E-state index is -2.36. The molecule has 1 N–H and O–H groups in total. The molecule has 2 aromatic heterocycles. The zero-order valence-electron chi connectivity index (χ0n) is 35.3. The Morgan fingerprint density at radius 3 is 1.93 bits per heavy atom. The second-order valence-electron chi connectivity index (χ2n) is 18.2. The number of ketones is 1. The maximum atomic E-state index is 13.6. The Kier molecular flexibility index (Phi) is 15.6. The van der Waals surface area contributed by atoms with E-state index in [9.17, 15) is 18.7 Å². The van der Waals surface area contributed by atoms with E-state index in [1.807, 2.05) is 18.3 Å². The number of aliphatic hydroxyl groups is 1. The number of allylic oxidation sites excluding steroid dienone is 2. The number of thiophene rings is 1. The summed E-state index contributed by atoms with van der Waals surface area (Å²) in [5.74, 6) is 1.63. The quantitative estimate of drug-likeness (QED) is 0.0815. The van der Waals surface area contributed by atoms with E-state index in [-0.39, 0.29) is 48.9 Å². The third kappa shape index (κ3) is 10.5. The Hall–Kier alpha value is -2.99. The van der Waals surface area contributed by atoms with Crippen LogP contribution in [-0.4, -0.2) is 22.3 Å². The maximum absolute atomic E-state index is 13.6.